The topological polar surface area (TPSA) is 30.8 Å². The smallest absolute Gasteiger partial charge is 0.175 e. The minimum absolute atomic E-state index is 0.425. The molecular formula is C20H22BrNO2. The minimum Gasteiger partial charge on any atom is -0.490 e. The molecule has 0 radical (unpaired) electrons. The number of rotatable bonds is 7. The lowest BCUT2D eigenvalue weighted by Gasteiger charge is -2.13. The number of nitrogens with zero attached hydrogens (tertiary/aromatic N) is 1. The van der Waals surface area contributed by atoms with Gasteiger partial charge in [0.2, 0.25) is 0 Å². The molecule has 2 rings (SSSR count). The van der Waals surface area contributed by atoms with Crippen LogP contribution in [0, 0.1) is 13.8 Å². The first-order valence-electron chi connectivity index (χ1n) is 7.86. The van der Waals surface area contributed by atoms with Gasteiger partial charge >= 0.3 is 0 Å². The molecular weight excluding hydrogens is 366 g/mol. The normalized spacial score (nSPS) is 10.8. The Kier molecular flexibility index (Phi) is 6.62. The quantitative estimate of drug-likeness (QED) is 0.445. The Bertz CT molecular complexity index is 754. The van der Waals surface area contributed by atoms with Gasteiger partial charge in [-0.15, -0.1) is 0 Å². The number of aliphatic imine (C=N–C) groups is 1. The number of ether oxygens (including phenoxy) is 2. The van der Waals surface area contributed by atoms with Crippen LogP contribution in [-0.4, -0.2) is 19.4 Å². The number of hydrogen-bond donors (Lipinski definition) is 0. The van der Waals surface area contributed by atoms with Crippen molar-refractivity contribution in [2.75, 3.05) is 13.2 Å². The van der Waals surface area contributed by atoms with Crippen LogP contribution in [0.15, 0.2) is 52.5 Å². The average molecular weight is 388 g/mol. The molecule has 0 aliphatic carbocycles. The third-order valence-electron chi connectivity index (χ3n) is 3.39. The molecule has 0 amide bonds. The molecule has 126 valence electrons. The van der Waals surface area contributed by atoms with E-state index in [4.69, 9.17) is 9.47 Å². The van der Waals surface area contributed by atoms with Gasteiger partial charge in [-0.05, 0) is 71.6 Å². The number of aryl methyl sites for hydroxylation is 2. The second-order valence-electron chi connectivity index (χ2n) is 5.41. The molecule has 0 bridgehead atoms. The largest absolute Gasteiger partial charge is 0.490 e. The molecule has 4 heteroatoms. The fourth-order valence-corrected chi connectivity index (χ4v) is 2.78. The predicted octanol–water partition coefficient (Wildman–Crippen LogP) is 5.78. The van der Waals surface area contributed by atoms with Crippen molar-refractivity contribution in [3.63, 3.8) is 0 Å². The van der Waals surface area contributed by atoms with Gasteiger partial charge in [0.1, 0.15) is 6.61 Å². The molecule has 2 aromatic rings. The zero-order valence-corrected chi connectivity index (χ0v) is 15.9. The Balaban J connectivity index is 2.34. The summed E-state index contributed by atoms with van der Waals surface area (Å²) in [7, 11) is 0. The van der Waals surface area contributed by atoms with E-state index in [1.807, 2.05) is 25.3 Å². The summed E-state index contributed by atoms with van der Waals surface area (Å²) in [6.07, 6.45) is 3.55. The van der Waals surface area contributed by atoms with Crippen molar-refractivity contribution in [2.45, 2.75) is 20.8 Å². The highest BCUT2D eigenvalue weighted by Gasteiger charge is 2.11. The van der Waals surface area contributed by atoms with E-state index >= 15 is 0 Å². The molecule has 0 N–H and O–H groups in total. The number of benzene rings is 2. The van der Waals surface area contributed by atoms with Crippen molar-refractivity contribution in [3.05, 3.63) is 64.1 Å². The second-order valence-corrected chi connectivity index (χ2v) is 6.27. The van der Waals surface area contributed by atoms with E-state index in [1.165, 1.54) is 5.56 Å². The first kappa shape index (κ1) is 18.3. The summed E-state index contributed by atoms with van der Waals surface area (Å²) in [6.45, 7) is 10.7. The third-order valence-corrected chi connectivity index (χ3v) is 3.98. The van der Waals surface area contributed by atoms with Crippen LogP contribution in [0.1, 0.15) is 23.6 Å². The minimum atomic E-state index is 0.425. The molecule has 0 unspecified atom stereocenters. The van der Waals surface area contributed by atoms with Gasteiger partial charge in [0.25, 0.3) is 0 Å². The van der Waals surface area contributed by atoms with Gasteiger partial charge < -0.3 is 9.47 Å². The van der Waals surface area contributed by atoms with Gasteiger partial charge in [-0.1, -0.05) is 24.8 Å². The van der Waals surface area contributed by atoms with E-state index in [0.717, 1.165) is 21.3 Å². The van der Waals surface area contributed by atoms with Crippen LogP contribution in [0.25, 0.3) is 0 Å². The Morgan fingerprint density at radius 3 is 2.67 bits per heavy atom. The van der Waals surface area contributed by atoms with Gasteiger partial charge in [0.15, 0.2) is 11.5 Å². The van der Waals surface area contributed by atoms with Crippen LogP contribution in [0.5, 0.6) is 11.5 Å². The first-order valence-corrected chi connectivity index (χ1v) is 8.65. The Labute approximate surface area is 152 Å². The Hall–Kier alpha value is -2.07. The molecule has 0 heterocycles. The van der Waals surface area contributed by atoms with E-state index in [9.17, 15) is 0 Å². The van der Waals surface area contributed by atoms with Crippen LogP contribution >= 0.6 is 15.9 Å². The molecule has 2 aromatic carbocycles. The van der Waals surface area contributed by atoms with Crippen molar-refractivity contribution in [1.82, 2.24) is 0 Å². The van der Waals surface area contributed by atoms with E-state index in [1.54, 1.807) is 6.08 Å². The Morgan fingerprint density at radius 2 is 1.96 bits per heavy atom. The van der Waals surface area contributed by atoms with Gasteiger partial charge in [-0.2, -0.15) is 0 Å². The van der Waals surface area contributed by atoms with E-state index in [0.29, 0.717) is 24.7 Å². The number of halogens is 1. The average Bonchev–Trinajstić information content (AvgIpc) is 2.55. The third kappa shape index (κ3) is 4.71. The monoisotopic (exact) mass is 387 g/mol. The highest BCUT2D eigenvalue weighted by molar-refractivity contribution is 9.10. The van der Waals surface area contributed by atoms with Crippen molar-refractivity contribution >= 4 is 27.8 Å². The molecule has 0 aliphatic rings. The lowest BCUT2D eigenvalue weighted by molar-refractivity contribution is 0.295. The lowest BCUT2D eigenvalue weighted by Crippen LogP contribution is -2.00. The van der Waals surface area contributed by atoms with Crippen molar-refractivity contribution in [1.29, 1.82) is 0 Å². The Morgan fingerprint density at radius 1 is 1.17 bits per heavy atom. The molecule has 0 aromatic heterocycles. The summed E-state index contributed by atoms with van der Waals surface area (Å²) < 4.78 is 12.2. The number of hydrogen-bond acceptors (Lipinski definition) is 3. The summed E-state index contributed by atoms with van der Waals surface area (Å²) >= 11 is 3.55. The highest BCUT2D eigenvalue weighted by Crippen LogP contribution is 2.36. The zero-order valence-electron chi connectivity index (χ0n) is 14.3. The van der Waals surface area contributed by atoms with Crippen LogP contribution in [-0.2, 0) is 0 Å². The molecule has 0 saturated heterocycles. The van der Waals surface area contributed by atoms with Crippen LogP contribution in [0.3, 0.4) is 0 Å². The van der Waals surface area contributed by atoms with Gasteiger partial charge in [-0.3, -0.25) is 4.99 Å². The van der Waals surface area contributed by atoms with Gasteiger partial charge in [0.05, 0.1) is 16.8 Å². The van der Waals surface area contributed by atoms with Crippen LogP contribution in [0.2, 0.25) is 0 Å². The molecule has 0 spiro atoms. The summed E-state index contributed by atoms with van der Waals surface area (Å²) in [4.78, 5) is 4.61. The summed E-state index contributed by atoms with van der Waals surface area (Å²) in [6, 6.07) is 10.1. The SMILES string of the molecule is C=CCOc1c(Br)cc(C=Nc2cc(C)ccc2C)cc1OCC. The maximum atomic E-state index is 5.70. The standard InChI is InChI=1S/C20H22BrNO2/c1-5-9-24-20-17(21)11-16(12-19(20)23-6-2)13-22-18-10-14(3)7-8-15(18)4/h5,7-8,10-13H,1,6,9H2,2-4H3. The highest BCUT2D eigenvalue weighted by atomic mass is 79.9. The van der Waals surface area contributed by atoms with Crippen molar-refractivity contribution < 1.29 is 9.47 Å². The van der Waals surface area contributed by atoms with Crippen LogP contribution in [0.4, 0.5) is 5.69 Å². The summed E-state index contributed by atoms with van der Waals surface area (Å²) in [5, 5.41) is 0. The molecule has 0 saturated carbocycles. The maximum absolute atomic E-state index is 5.70. The fraction of sp³-hybridized carbons (Fsp3) is 0.250. The summed E-state index contributed by atoms with van der Waals surface area (Å²) in [5.74, 6) is 1.37. The first-order chi connectivity index (χ1) is 11.5. The summed E-state index contributed by atoms with van der Waals surface area (Å²) in [5.41, 5.74) is 4.25. The van der Waals surface area contributed by atoms with E-state index in [2.05, 4.69) is 59.5 Å². The van der Waals surface area contributed by atoms with E-state index < -0.39 is 0 Å². The fourth-order valence-electron chi connectivity index (χ4n) is 2.21. The van der Waals surface area contributed by atoms with Gasteiger partial charge in [0, 0.05) is 6.21 Å². The molecule has 0 atom stereocenters. The van der Waals surface area contributed by atoms with Gasteiger partial charge in [-0.25, -0.2) is 0 Å². The zero-order chi connectivity index (χ0) is 17.5. The molecule has 3 nitrogen and oxygen atoms in total. The lowest BCUT2D eigenvalue weighted by atomic mass is 10.1. The van der Waals surface area contributed by atoms with Crippen molar-refractivity contribution in [2.24, 2.45) is 4.99 Å². The van der Waals surface area contributed by atoms with Crippen LogP contribution < -0.4 is 9.47 Å². The molecule has 0 fully saturated rings. The molecule has 24 heavy (non-hydrogen) atoms. The predicted molar refractivity (Wildman–Crippen MR) is 104 cm³/mol. The van der Waals surface area contributed by atoms with Crippen molar-refractivity contribution in [3.8, 4) is 11.5 Å². The maximum Gasteiger partial charge on any atom is 0.175 e. The van der Waals surface area contributed by atoms with E-state index in [-0.39, 0.29) is 0 Å². The molecule has 0 aliphatic heterocycles. The second kappa shape index (κ2) is 8.69.